The van der Waals surface area contributed by atoms with Gasteiger partial charge >= 0.3 is 0 Å². The van der Waals surface area contributed by atoms with E-state index in [1.807, 2.05) is 0 Å². The molecule has 2 aromatic heterocycles. The third kappa shape index (κ3) is 3.43. The number of hydrogen-bond acceptors (Lipinski definition) is 0. The van der Waals surface area contributed by atoms with Crippen molar-refractivity contribution < 1.29 is 0 Å². The largest absolute Gasteiger partial charge is 0.309 e. The molecule has 0 saturated heterocycles. The summed E-state index contributed by atoms with van der Waals surface area (Å²) in [7, 11) is 0. The van der Waals surface area contributed by atoms with Crippen LogP contribution in [0.1, 0.15) is 51.7 Å². The van der Waals surface area contributed by atoms with Crippen LogP contribution in [-0.4, -0.2) is 9.13 Å². The molecule has 0 amide bonds. The van der Waals surface area contributed by atoms with Gasteiger partial charge in [0.15, 0.2) is 0 Å². The highest BCUT2D eigenvalue weighted by molar-refractivity contribution is 6.33. The molecule has 1 aliphatic rings. The van der Waals surface area contributed by atoms with Crippen molar-refractivity contribution in [3.63, 3.8) is 0 Å². The molecule has 214 valence electrons. The van der Waals surface area contributed by atoms with Crippen LogP contribution in [0.15, 0.2) is 121 Å². The molecule has 0 radical (unpaired) electrons. The lowest BCUT2D eigenvalue weighted by Crippen LogP contribution is -2.33. The summed E-state index contributed by atoms with van der Waals surface area (Å²) < 4.78 is 4.98. The van der Waals surface area contributed by atoms with E-state index in [0.717, 1.165) is 0 Å². The average molecular weight is 569 g/mol. The van der Waals surface area contributed by atoms with Gasteiger partial charge in [-0.05, 0) is 100 Å². The van der Waals surface area contributed by atoms with Gasteiger partial charge in [0.05, 0.1) is 22.1 Å². The quantitative estimate of drug-likeness (QED) is 0.196. The molecule has 0 bridgehead atoms. The number of aromatic nitrogens is 2. The maximum absolute atomic E-state index is 2.57. The van der Waals surface area contributed by atoms with Gasteiger partial charge < -0.3 is 9.13 Å². The first kappa shape index (κ1) is 25.7. The van der Waals surface area contributed by atoms with E-state index in [9.17, 15) is 0 Å². The smallest absolute Gasteiger partial charge is 0.0549 e. The zero-order chi connectivity index (χ0) is 29.8. The van der Waals surface area contributed by atoms with E-state index >= 15 is 0 Å². The van der Waals surface area contributed by atoms with Crippen molar-refractivity contribution in [2.75, 3.05) is 0 Å². The molecule has 2 heterocycles. The molecule has 2 heteroatoms. The van der Waals surface area contributed by atoms with E-state index in [1.165, 1.54) is 89.7 Å². The van der Waals surface area contributed by atoms with Crippen LogP contribution < -0.4 is 0 Å². The Balaban J connectivity index is 1.57. The third-order valence-corrected chi connectivity index (χ3v) is 10.5. The standard InChI is InChI=1S/C42H36N2/c1-41(2)23-24-42(3,4)33-26-37-31(25-32(33)41)39-35(44(37)29-16-9-6-10-17-29)21-22-36-40(39)38-30-18-12-11-13-27(30)19-20-34(38)43(36)28-14-7-5-8-15-28/h5-22,25-26H,23-24H2,1-4H3. The van der Waals surface area contributed by atoms with Crippen LogP contribution >= 0.6 is 0 Å². The van der Waals surface area contributed by atoms with Gasteiger partial charge in [0.25, 0.3) is 0 Å². The summed E-state index contributed by atoms with van der Waals surface area (Å²) in [5.41, 5.74) is 10.7. The molecule has 0 saturated carbocycles. The first-order chi connectivity index (χ1) is 21.3. The van der Waals surface area contributed by atoms with Crippen molar-refractivity contribution in [2.24, 2.45) is 0 Å². The fourth-order valence-corrected chi connectivity index (χ4v) is 8.15. The summed E-state index contributed by atoms with van der Waals surface area (Å²) in [5.74, 6) is 0. The van der Waals surface area contributed by atoms with Crippen molar-refractivity contribution in [1.82, 2.24) is 9.13 Å². The minimum atomic E-state index is 0.124. The molecule has 44 heavy (non-hydrogen) atoms. The van der Waals surface area contributed by atoms with Gasteiger partial charge in [0, 0.05) is 32.9 Å². The first-order valence-electron chi connectivity index (χ1n) is 15.9. The van der Waals surface area contributed by atoms with E-state index < -0.39 is 0 Å². The molecule has 0 spiro atoms. The zero-order valence-corrected chi connectivity index (χ0v) is 25.9. The average Bonchev–Trinajstić information content (AvgIpc) is 3.56. The van der Waals surface area contributed by atoms with Gasteiger partial charge in [-0.3, -0.25) is 0 Å². The highest BCUT2D eigenvalue weighted by Crippen LogP contribution is 2.50. The van der Waals surface area contributed by atoms with Gasteiger partial charge in [-0.1, -0.05) is 94.4 Å². The molecule has 0 N–H and O–H groups in total. The lowest BCUT2D eigenvalue weighted by atomic mass is 9.63. The SMILES string of the molecule is CC1(C)CCC(C)(C)c2cc3c(cc21)c1c2c4c5ccccc5ccc4n(-c4ccccc4)c2ccc1n3-c1ccccc1. The van der Waals surface area contributed by atoms with Crippen LogP contribution in [0.5, 0.6) is 0 Å². The van der Waals surface area contributed by atoms with Gasteiger partial charge in [0.2, 0.25) is 0 Å². The van der Waals surface area contributed by atoms with Gasteiger partial charge in [-0.25, -0.2) is 0 Å². The van der Waals surface area contributed by atoms with Crippen molar-refractivity contribution in [3.8, 4) is 11.4 Å². The molecule has 8 aromatic rings. The molecule has 0 fully saturated rings. The van der Waals surface area contributed by atoms with E-state index in [1.54, 1.807) is 0 Å². The first-order valence-corrected chi connectivity index (χ1v) is 15.9. The molecular formula is C42H36N2. The Morgan fingerprint density at radius 1 is 0.432 bits per heavy atom. The fraction of sp³-hybridized carbons (Fsp3) is 0.190. The monoisotopic (exact) mass is 568 g/mol. The van der Waals surface area contributed by atoms with Crippen LogP contribution in [0.3, 0.4) is 0 Å². The Kier molecular flexibility index (Phi) is 5.17. The Morgan fingerprint density at radius 2 is 0.909 bits per heavy atom. The number of hydrogen-bond donors (Lipinski definition) is 0. The lowest BCUT2D eigenvalue weighted by Gasteiger charge is -2.42. The summed E-state index contributed by atoms with van der Waals surface area (Å²) in [5, 5.41) is 7.94. The number of fused-ring (bicyclic) bond motifs is 10. The fourth-order valence-electron chi connectivity index (χ4n) is 8.15. The Morgan fingerprint density at radius 3 is 1.55 bits per heavy atom. The molecule has 2 nitrogen and oxygen atoms in total. The third-order valence-electron chi connectivity index (χ3n) is 10.5. The van der Waals surface area contributed by atoms with Crippen LogP contribution in [0.25, 0.3) is 65.8 Å². The highest BCUT2D eigenvalue weighted by atomic mass is 15.0. The maximum Gasteiger partial charge on any atom is 0.0549 e. The van der Waals surface area contributed by atoms with E-state index in [2.05, 4.69) is 158 Å². The maximum atomic E-state index is 2.57. The second-order valence-corrected chi connectivity index (χ2v) is 14.1. The number of rotatable bonds is 2. The van der Waals surface area contributed by atoms with Gasteiger partial charge in [-0.2, -0.15) is 0 Å². The van der Waals surface area contributed by atoms with Crippen molar-refractivity contribution in [1.29, 1.82) is 0 Å². The number of nitrogens with zero attached hydrogens (tertiary/aromatic N) is 2. The van der Waals surface area contributed by atoms with Gasteiger partial charge in [0.1, 0.15) is 0 Å². The van der Waals surface area contributed by atoms with E-state index in [-0.39, 0.29) is 10.8 Å². The minimum absolute atomic E-state index is 0.124. The highest BCUT2D eigenvalue weighted by Gasteiger charge is 2.38. The number of benzene rings is 6. The molecule has 0 aliphatic heterocycles. The predicted octanol–water partition coefficient (Wildman–Crippen LogP) is 11.4. The molecule has 6 aromatic carbocycles. The minimum Gasteiger partial charge on any atom is -0.309 e. The Bertz CT molecular complexity index is 2420. The predicted molar refractivity (Wildman–Crippen MR) is 188 cm³/mol. The van der Waals surface area contributed by atoms with Crippen LogP contribution in [0, 0.1) is 0 Å². The Labute approximate surface area is 258 Å². The molecule has 1 aliphatic carbocycles. The summed E-state index contributed by atoms with van der Waals surface area (Å²) in [6.07, 6.45) is 2.40. The van der Waals surface area contributed by atoms with Crippen LogP contribution in [0.4, 0.5) is 0 Å². The normalized spacial score (nSPS) is 15.9. The number of para-hydroxylation sites is 2. The van der Waals surface area contributed by atoms with Crippen LogP contribution in [0.2, 0.25) is 0 Å². The van der Waals surface area contributed by atoms with Crippen molar-refractivity contribution in [2.45, 2.75) is 51.4 Å². The summed E-state index contributed by atoms with van der Waals surface area (Å²) in [4.78, 5) is 0. The van der Waals surface area contributed by atoms with Crippen LogP contribution in [-0.2, 0) is 10.8 Å². The zero-order valence-electron chi connectivity index (χ0n) is 25.9. The molecule has 0 atom stereocenters. The summed E-state index contributed by atoms with van der Waals surface area (Å²) in [6, 6.07) is 45.1. The summed E-state index contributed by atoms with van der Waals surface area (Å²) >= 11 is 0. The molecular weight excluding hydrogens is 532 g/mol. The lowest BCUT2D eigenvalue weighted by molar-refractivity contribution is 0.332. The van der Waals surface area contributed by atoms with Gasteiger partial charge in [-0.15, -0.1) is 0 Å². The van der Waals surface area contributed by atoms with E-state index in [0.29, 0.717) is 0 Å². The molecule has 9 rings (SSSR count). The van der Waals surface area contributed by atoms with E-state index in [4.69, 9.17) is 0 Å². The van der Waals surface area contributed by atoms with Crippen molar-refractivity contribution in [3.05, 3.63) is 132 Å². The topological polar surface area (TPSA) is 9.86 Å². The second kappa shape index (κ2) is 8.86. The Hall–Kier alpha value is -4.82. The van der Waals surface area contributed by atoms with Crippen molar-refractivity contribution >= 4 is 54.4 Å². The summed E-state index contributed by atoms with van der Waals surface area (Å²) in [6.45, 7) is 9.74. The molecule has 0 unspecified atom stereocenters. The second-order valence-electron chi connectivity index (χ2n) is 14.1.